The number of aromatic nitrogens is 4. The van der Waals surface area contributed by atoms with Crippen molar-refractivity contribution in [3.63, 3.8) is 0 Å². The van der Waals surface area contributed by atoms with Crippen molar-refractivity contribution in [3.05, 3.63) is 57.6 Å². The average Bonchev–Trinajstić information content (AvgIpc) is 3.19. The fourth-order valence-electron chi connectivity index (χ4n) is 2.50. The molecule has 0 aliphatic rings. The van der Waals surface area contributed by atoms with Crippen LogP contribution in [0.1, 0.15) is 49.3 Å². The van der Waals surface area contributed by atoms with E-state index in [0.717, 1.165) is 29.9 Å². The standard InChI is InChI=1S/C18H16F3N7O2S/c1-8-5-23-14(3-10(8)18(19,20)21)28-16(30)12-6-24-17(31-12)9(2)27-15(29)11-4-13(22)26-7-25-11/h3-7,9H,1-2H3,(H,27,29)(H2,22,25,26)(H,23,28,30)/t9-/m0/s1. The Kier molecular flexibility index (Phi) is 6.15. The second-order valence-electron chi connectivity index (χ2n) is 6.42. The van der Waals surface area contributed by atoms with Crippen molar-refractivity contribution in [3.8, 4) is 0 Å². The van der Waals surface area contributed by atoms with Gasteiger partial charge in [0.2, 0.25) is 0 Å². The first-order valence-electron chi connectivity index (χ1n) is 8.74. The number of nitrogen functional groups attached to an aromatic ring is 1. The van der Waals surface area contributed by atoms with Gasteiger partial charge in [-0.25, -0.2) is 19.9 Å². The molecule has 0 saturated carbocycles. The summed E-state index contributed by atoms with van der Waals surface area (Å²) in [6.07, 6.45) is -1.11. The second kappa shape index (κ2) is 8.63. The van der Waals surface area contributed by atoms with Crippen LogP contribution in [0.5, 0.6) is 0 Å². The van der Waals surface area contributed by atoms with Crippen molar-refractivity contribution in [2.24, 2.45) is 0 Å². The van der Waals surface area contributed by atoms with Gasteiger partial charge in [-0.15, -0.1) is 11.3 Å². The molecule has 4 N–H and O–H groups in total. The molecule has 0 saturated heterocycles. The summed E-state index contributed by atoms with van der Waals surface area (Å²) in [7, 11) is 0. The number of halogens is 3. The Hall–Kier alpha value is -3.61. The van der Waals surface area contributed by atoms with Gasteiger partial charge >= 0.3 is 6.18 Å². The van der Waals surface area contributed by atoms with E-state index in [1.54, 1.807) is 6.92 Å². The van der Waals surface area contributed by atoms with Gasteiger partial charge in [-0.3, -0.25) is 9.59 Å². The van der Waals surface area contributed by atoms with E-state index >= 15 is 0 Å². The van der Waals surface area contributed by atoms with Gasteiger partial charge < -0.3 is 16.4 Å². The number of nitrogens with one attached hydrogen (secondary N) is 2. The van der Waals surface area contributed by atoms with Gasteiger partial charge in [0.15, 0.2) is 0 Å². The summed E-state index contributed by atoms with van der Waals surface area (Å²) in [5.74, 6) is -1.28. The molecule has 3 heterocycles. The highest BCUT2D eigenvalue weighted by Gasteiger charge is 2.33. The molecule has 0 unspecified atom stereocenters. The van der Waals surface area contributed by atoms with Gasteiger partial charge in [-0.05, 0) is 25.5 Å². The van der Waals surface area contributed by atoms with Crippen molar-refractivity contribution >= 4 is 34.8 Å². The van der Waals surface area contributed by atoms with Crippen molar-refractivity contribution in [1.29, 1.82) is 0 Å². The number of anilines is 2. The molecule has 3 aromatic rings. The van der Waals surface area contributed by atoms with E-state index in [1.807, 2.05) is 0 Å². The minimum Gasteiger partial charge on any atom is -0.384 e. The minimum atomic E-state index is -4.56. The van der Waals surface area contributed by atoms with Crippen LogP contribution in [0.3, 0.4) is 0 Å². The van der Waals surface area contributed by atoms with E-state index in [9.17, 15) is 22.8 Å². The van der Waals surface area contributed by atoms with Crippen LogP contribution in [-0.2, 0) is 6.18 Å². The minimum absolute atomic E-state index is 0.0550. The Labute approximate surface area is 178 Å². The highest BCUT2D eigenvalue weighted by atomic mass is 32.1. The topological polar surface area (TPSA) is 136 Å². The Balaban J connectivity index is 1.69. The number of carbonyl (C=O) groups is 2. The fraction of sp³-hybridized carbons (Fsp3) is 0.222. The molecule has 9 nitrogen and oxygen atoms in total. The van der Waals surface area contributed by atoms with E-state index < -0.39 is 29.6 Å². The van der Waals surface area contributed by atoms with Crippen LogP contribution in [0.2, 0.25) is 0 Å². The van der Waals surface area contributed by atoms with Crippen LogP contribution < -0.4 is 16.4 Å². The molecule has 3 rings (SSSR count). The van der Waals surface area contributed by atoms with Gasteiger partial charge in [-0.2, -0.15) is 13.2 Å². The lowest BCUT2D eigenvalue weighted by Gasteiger charge is -2.11. The maximum atomic E-state index is 13.0. The van der Waals surface area contributed by atoms with Gasteiger partial charge in [-0.1, -0.05) is 0 Å². The zero-order chi connectivity index (χ0) is 22.8. The van der Waals surface area contributed by atoms with Gasteiger partial charge in [0, 0.05) is 12.3 Å². The maximum absolute atomic E-state index is 13.0. The van der Waals surface area contributed by atoms with Crippen LogP contribution in [0.25, 0.3) is 0 Å². The summed E-state index contributed by atoms with van der Waals surface area (Å²) in [4.78, 5) is 40.2. The maximum Gasteiger partial charge on any atom is 0.416 e. The lowest BCUT2D eigenvalue weighted by molar-refractivity contribution is -0.138. The SMILES string of the molecule is Cc1cnc(NC(=O)c2cnc([C@H](C)NC(=O)c3cc(N)ncn3)s2)cc1C(F)(F)F. The monoisotopic (exact) mass is 451 g/mol. The van der Waals surface area contributed by atoms with E-state index in [4.69, 9.17) is 5.73 Å². The molecule has 0 bridgehead atoms. The molecule has 0 aliphatic carbocycles. The number of hydrogen-bond acceptors (Lipinski definition) is 8. The van der Waals surface area contributed by atoms with Gasteiger partial charge in [0.1, 0.15) is 33.5 Å². The van der Waals surface area contributed by atoms with Crippen LogP contribution in [0.15, 0.2) is 30.9 Å². The van der Waals surface area contributed by atoms with Crippen LogP contribution in [0.4, 0.5) is 24.8 Å². The molecule has 162 valence electrons. The number of rotatable bonds is 5. The molecule has 31 heavy (non-hydrogen) atoms. The van der Waals surface area contributed by atoms with E-state index in [0.29, 0.717) is 5.01 Å². The first-order valence-corrected chi connectivity index (χ1v) is 9.55. The summed E-state index contributed by atoms with van der Waals surface area (Å²) in [5.41, 5.74) is 4.66. The molecule has 1 atom stereocenters. The highest BCUT2D eigenvalue weighted by Crippen LogP contribution is 2.32. The number of nitrogens with two attached hydrogens (primary N) is 1. The largest absolute Gasteiger partial charge is 0.416 e. The third kappa shape index (κ3) is 5.31. The Morgan fingerprint density at radius 3 is 2.52 bits per heavy atom. The lowest BCUT2D eigenvalue weighted by atomic mass is 10.1. The smallest absolute Gasteiger partial charge is 0.384 e. The molecule has 0 radical (unpaired) electrons. The first-order chi connectivity index (χ1) is 14.5. The molecule has 2 amide bonds. The molecule has 0 aliphatic heterocycles. The van der Waals surface area contributed by atoms with E-state index in [-0.39, 0.29) is 27.8 Å². The molecular formula is C18H16F3N7O2S. The molecular weight excluding hydrogens is 435 g/mol. The summed E-state index contributed by atoms with van der Waals surface area (Å²) in [6.45, 7) is 2.93. The summed E-state index contributed by atoms with van der Waals surface area (Å²) in [6, 6.07) is 1.52. The molecule has 0 fully saturated rings. The third-order valence-corrected chi connectivity index (χ3v) is 5.22. The Morgan fingerprint density at radius 2 is 1.84 bits per heavy atom. The van der Waals surface area contributed by atoms with Crippen molar-refractivity contribution in [2.75, 3.05) is 11.1 Å². The normalized spacial score (nSPS) is 12.3. The zero-order valence-electron chi connectivity index (χ0n) is 16.2. The van der Waals surface area contributed by atoms with Crippen molar-refractivity contribution < 1.29 is 22.8 Å². The molecule has 0 spiro atoms. The number of amides is 2. The van der Waals surface area contributed by atoms with E-state index in [1.165, 1.54) is 19.2 Å². The van der Waals surface area contributed by atoms with Crippen LogP contribution in [-0.4, -0.2) is 31.8 Å². The fourth-order valence-corrected chi connectivity index (χ4v) is 3.31. The Bertz CT molecular complexity index is 1130. The molecule has 0 aromatic carbocycles. The van der Waals surface area contributed by atoms with Crippen molar-refractivity contribution in [1.82, 2.24) is 25.3 Å². The number of aryl methyl sites for hydroxylation is 1. The number of pyridine rings is 1. The third-order valence-electron chi connectivity index (χ3n) is 4.04. The number of hydrogen-bond donors (Lipinski definition) is 3. The molecule has 13 heteroatoms. The lowest BCUT2D eigenvalue weighted by Crippen LogP contribution is -2.27. The predicted octanol–water partition coefficient (Wildman–Crippen LogP) is 2.98. The highest BCUT2D eigenvalue weighted by molar-refractivity contribution is 7.13. The second-order valence-corrected chi connectivity index (χ2v) is 7.48. The summed E-state index contributed by atoms with van der Waals surface area (Å²) in [5, 5.41) is 5.40. The zero-order valence-corrected chi connectivity index (χ0v) is 17.0. The van der Waals surface area contributed by atoms with Gasteiger partial charge in [0.05, 0.1) is 17.8 Å². The average molecular weight is 451 g/mol. The number of nitrogens with zero attached hydrogens (tertiary/aromatic N) is 4. The predicted molar refractivity (Wildman–Crippen MR) is 106 cm³/mol. The van der Waals surface area contributed by atoms with Crippen LogP contribution >= 0.6 is 11.3 Å². The molecule has 3 aromatic heterocycles. The summed E-state index contributed by atoms with van der Waals surface area (Å²) < 4.78 is 39.1. The number of thiazole rings is 1. The first kappa shape index (κ1) is 22.1. The van der Waals surface area contributed by atoms with Crippen molar-refractivity contribution in [2.45, 2.75) is 26.1 Å². The summed E-state index contributed by atoms with van der Waals surface area (Å²) >= 11 is 0.976. The quantitative estimate of drug-likeness (QED) is 0.543. The van der Waals surface area contributed by atoms with Crippen LogP contribution in [0, 0.1) is 6.92 Å². The number of carbonyl (C=O) groups excluding carboxylic acids is 2. The van der Waals surface area contributed by atoms with Gasteiger partial charge in [0.25, 0.3) is 11.8 Å². The number of alkyl halides is 3. The van der Waals surface area contributed by atoms with E-state index in [2.05, 4.69) is 30.6 Å². The Morgan fingerprint density at radius 1 is 1.10 bits per heavy atom.